The lowest BCUT2D eigenvalue weighted by atomic mass is 9.52. The number of fused-ring (bicyclic) bond motifs is 2. The van der Waals surface area contributed by atoms with Crippen molar-refractivity contribution in [2.45, 2.75) is 124 Å². The van der Waals surface area contributed by atoms with Crippen LogP contribution in [0.2, 0.25) is 0 Å². The van der Waals surface area contributed by atoms with Crippen LogP contribution in [0.1, 0.15) is 113 Å². The highest BCUT2D eigenvalue weighted by atomic mass is 16.6. The second kappa shape index (κ2) is 9.06. The Balaban J connectivity index is 1.47. The quantitative estimate of drug-likeness (QED) is 0.235. The van der Waals surface area contributed by atoms with Gasteiger partial charge >= 0.3 is 11.9 Å². The zero-order chi connectivity index (χ0) is 25.8. The Morgan fingerprint density at radius 2 is 1.11 bits per heavy atom. The summed E-state index contributed by atoms with van der Waals surface area (Å²) in [6, 6.07) is 0. The van der Waals surface area contributed by atoms with Crippen LogP contribution in [-0.4, -0.2) is 23.1 Å². The van der Waals surface area contributed by atoms with E-state index in [9.17, 15) is 9.59 Å². The van der Waals surface area contributed by atoms with Crippen LogP contribution in [0, 0.1) is 34.5 Å². The molecule has 0 amide bonds. The molecule has 0 N–H and O–H groups in total. The van der Waals surface area contributed by atoms with Gasteiger partial charge in [0, 0.05) is 11.8 Å². The molecule has 0 aromatic heterocycles. The maximum Gasteiger partial charge on any atom is 0.317 e. The number of carbonyl (C=O) groups is 2. The number of hydrogen-bond donors (Lipinski definition) is 0. The van der Waals surface area contributed by atoms with Crippen LogP contribution in [0.3, 0.4) is 0 Å². The Morgan fingerprint density at radius 1 is 0.743 bits per heavy atom. The zero-order valence-electron chi connectivity index (χ0n) is 23.5. The average Bonchev–Trinajstić information content (AvgIpc) is 2.77. The summed E-state index contributed by atoms with van der Waals surface area (Å²) in [4.78, 5) is 26.4. The van der Waals surface area contributed by atoms with Gasteiger partial charge in [0.1, 0.15) is 17.6 Å². The summed E-state index contributed by atoms with van der Waals surface area (Å²) in [5.74, 6) is 0.209. The fourth-order valence-corrected chi connectivity index (χ4v) is 8.48. The Kier molecular flexibility index (Phi) is 6.86. The summed E-state index contributed by atoms with van der Waals surface area (Å²) in [5.41, 5.74) is 1.82. The van der Waals surface area contributed by atoms with Gasteiger partial charge in [0.25, 0.3) is 0 Å². The third-order valence-electron chi connectivity index (χ3n) is 11.6. The third-order valence-corrected chi connectivity index (χ3v) is 11.6. The minimum absolute atomic E-state index is 0.0577. The van der Waals surface area contributed by atoms with E-state index in [1.165, 1.54) is 11.1 Å². The summed E-state index contributed by atoms with van der Waals surface area (Å²) in [6.07, 6.45) is 12.8. The molecule has 2 fully saturated rings. The minimum Gasteiger partial charge on any atom is -0.458 e. The predicted molar refractivity (Wildman–Crippen MR) is 140 cm³/mol. The maximum atomic E-state index is 13.2. The summed E-state index contributed by atoms with van der Waals surface area (Å²) in [6.45, 7) is 17.7. The largest absolute Gasteiger partial charge is 0.458 e. The van der Waals surface area contributed by atoms with Gasteiger partial charge in [-0.25, -0.2) is 0 Å². The molecule has 2 unspecified atom stereocenters. The van der Waals surface area contributed by atoms with Gasteiger partial charge in [-0.3, -0.25) is 9.59 Å². The Hall–Kier alpha value is -1.58. The van der Waals surface area contributed by atoms with Crippen molar-refractivity contribution in [3.05, 3.63) is 23.3 Å². The van der Waals surface area contributed by atoms with Crippen molar-refractivity contribution in [1.29, 1.82) is 0 Å². The Labute approximate surface area is 213 Å². The van der Waals surface area contributed by atoms with Gasteiger partial charge in [0.2, 0.25) is 0 Å². The van der Waals surface area contributed by atoms with Gasteiger partial charge in [-0.2, -0.15) is 0 Å². The molecule has 0 saturated heterocycles. The zero-order valence-corrected chi connectivity index (χ0v) is 23.5. The SMILES string of the molecule is CC1=CCCC2[C@@]1(C)CC[C@@H](C)[C@]2(C)OC(=O)CC(=O)O[C@]1(C)C2CCC=C(C)[C@]2(C)CC[C@H]1C. The molecule has 0 radical (unpaired) electrons. The number of ether oxygens (including phenoxy) is 2. The van der Waals surface area contributed by atoms with Gasteiger partial charge in [-0.05, 0) is 102 Å². The van der Waals surface area contributed by atoms with E-state index >= 15 is 0 Å². The second-order valence-electron chi connectivity index (χ2n) is 13.2. The molecule has 2 saturated carbocycles. The Morgan fingerprint density at radius 3 is 1.49 bits per heavy atom. The molecule has 4 rings (SSSR count). The van der Waals surface area contributed by atoms with E-state index in [-0.39, 0.29) is 40.9 Å². The van der Waals surface area contributed by atoms with E-state index in [1.807, 2.05) is 0 Å². The average molecular weight is 485 g/mol. The molecule has 0 spiro atoms. The van der Waals surface area contributed by atoms with Crippen molar-refractivity contribution in [3.63, 3.8) is 0 Å². The molecule has 0 bridgehead atoms. The lowest BCUT2D eigenvalue weighted by Crippen LogP contribution is -2.57. The van der Waals surface area contributed by atoms with Crippen LogP contribution < -0.4 is 0 Å². The standard InChI is InChI=1S/C31H48O4/c1-20-11-9-13-24-28(20,5)17-15-22(3)30(24,7)34-26(32)19-27(33)35-31(8)23(4)16-18-29(6)21(2)12-10-14-25(29)31/h11-12,22-25H,9-10,13-19H2,1-8H3/t22-,23-,24?,25?,28+,29+,30+,31+/m1/s1. The van der Waals surface area contributed by atoms with Crippen molar-refractivity contribution in [2.24, 2.45) is 34.5 Å². The van der Waals surface area contributed by atoms with E-state index in [2.05, 4.69) is 67.5 Å². The first kappa shape index (κ1) is 26.5. The molecular formula is C31H48O4. The number of rotatable bonds is 4. The smallest absolute Gasteiger partial charge is 0.317 e. The molecule has 0 heterocycles. The lowest BCUT2D eigenvalue weighted by molar-refractivity contribution is -0.199. The van der Waals surface area contributed by atoms with Gasteiger partial charge < -0.3 is 9.47 Å². The number of esters is 2. The highest BCUT2D eigenvalue weighted by Gasteiger charge is 2.57. The molecule has 8 atom stereocenters. The first-order chi connectivity index (χ1) is 16.3. The summed E-state index contributed by atoms with van der Waals surface area (Å²) >= 11 is 0. The fourth-order valence-electron chi connectivity index (χ4n) is 8.48. The normalized spacial score (nSPS) is 45.4. The van der Waals surface area contributed by atoms with E-state index in [0.717, 1.165) is 51.4 Å². The van der Waals surface area contributed by atoms with Gasteiger partial charge in [0.05, 0.1) is 0 Å². The Bertz CT molecular complexity index is 858. The number of allylic oxidation sites excluding steroid dienone is 4. The van der Waals surface area contributed by atoms with E-state index in [0.29, 0.717) is 0 Å². The highest BCUT2D eigenvalue weighted by Crippen LogP contribution is 2.59. The van der Waals surface area contributed by atoms with Gasteiger partial charge in [-0.1, -0.05) is 51.0 Å². The molecule has 0 aromatic rings. The second-order valence-corrected chi connectivity index (χ2v) is 13.2. The number of hydrogen-bond acceptors (Lipinski definition) is 4. The number of carbonyl (C=O) groups excluding carboxylic acids is 2. The monoisotopic (exact) mass is 484 g/mol. The van der Waals surface area contributed by atoms with Crippen LogP contribution in [0.25, 0.3) is 0 Å². The van der Waals surface area contributed by atoms with Crippen LogP contribution >= 0.6 is 0 Å². The van der Waals surface area contributed by atoms with Gasteiger partial charge in [0.15, 0.2) is 0 Å². The maximum absolute atomic E-state index is 13.2. The van der Waals surface area contributed by atoms with Crippen LogP contribution in [0.15, 0.2) is 23.3 Å². The molecule has 196 valence electrons. The first-order valence-corrected chi connectivity index (χ1v) is 14.1. The van der Waals surface area contributed by atoms with E-state index < -0.39 is 23.1 Å². The van der Waals surface area contributed by atoms with Crippen molar-refractivity contribution in [1.82, 2.24) is 0 Å². The minimum atomic E-state index is -0.564. The predicted octanol–water partition coefficient (Wildman–Crippen LogP) is 7.57. The highest BCUT2D eigenvalue weighted by molar-refractivity contribution is 5.91. The summed E-state index contributed by atoms with van der Waals surface area (Å²) in [7, 11) is 0. The summed E-state index contributed by atoms with van der Waals surface area (Å²) < 4.78 is 12.5. The molecule has 4 aliphatic rings. The molecular weight excluding hydrogens is 436 g/mol. The third kappa shape index (κ3) is 4.21. The van der Waals surface area contributed by atoms with Gasteiger partial charge in [-0.15, -0.1) is 0 Å². The lowest BCUT2D eigenvalue weighted by Gasteiger charge is -2.57. The molecule has 0 aliphatic heterocycles. The topological polar surface area (TPSA) is 52.6 Å². The van der Waals surface area contributed by atoms with Crippen molar-refractivity contribution in [3.8, 4) is 0 Å². The molecule has 0 aromatic carbocycles. The van der Waals surface area contributed by atoms with Crippen LogP contribution in [-0.2, 0) is 19.1 Å². The van der Waals surface area contributed by atoms with E-state index in [1.54, 1.807) is 0 Å². The van der Waals surface area contributed by atoms with Crippen molar-refractivity contribution < 1.29 is 19.1 Å². The van der Waals surface area contributed by atoms with Crippen LogP contribution in [0.5, 0.6) is 0 Å². The first-order valence-electron chi connectivity index (χ1n) is 14.1. The van der Waals surface area contributed by atoms with E-state index in [4.69, 9.17) is 9.47 Å². The molecule has 35 heavy (non-hydrogen) atoms. The molecule has 4 nitrogen and oxygen atoms in total. The van der Waals surface area contributed by atoms with Crippen molar-refractivity contribution in [2.75, 3.05) is 0 Å². The fraction of sp³-hybridized carbons (Fsp3) is 0.806. The molecule has 4 aliphatic carbocycles. The van der Waals surface area contributed by atoms with Crippen LogP contribution in [0.4, 0.5) is 0 Å². The van der Waals surface area contributed by atoms with Crippen molar-refractivity contribution >= 4 is 11.9 Å². The molecule has 4 heteroatoms. The summed E-state index contributed by atoms with van der Waals surface area (Å²) in [5, 5.41) is 0.